The third kappa shape index (κ3) is 5.52. The second-order valence-electron chi connectivity index (χ2n) is 6.34. The van der Waals surface area contributed by atoms with Crippen LogP contribution < -0.4 is 14.8 Å². The van der Waals surface area contributed by atoms with Crippen LogP contribution in [-0.4, -0.2) is 42.2 Å². The zero-order valence-electron chi connectivity index (χ0n) is 16.6. The summed E-state index contributed by atoms with van der Waals surface area (Å²) in [5, 5.41) is 2.24. The molecule has 0 radical (unpaired) electrons. The number of amides is 3. The number of imide groups is 1. The molecular weight excluding hydrogens is 423 g/mol. The Balaban J connectivity index is 1.66. The van der Waals surface area contributed by atoms with Gasteiger partial charge < -0.3 is 14.8 Å². The van der Waals surface area contributed by atoms with Crippen molar-refractivity contribution < 1.29 is 28.2 Å². The molecule has 9 heteroatoms. The molecule has 0 spiro atoms. The van der Waals surface area contributed by atoms with Crippen molar-refractivity contribution in [3.63, 3.8) is 0 Å². The van der Waals surface area contributed by atoms with Crippen molar-refractivity contribution in [1.82, 2.24) is 4.90 Å². The number of rotatable bonds is 8. The average Bonchev–Trinajstić information content (AvgIpc) is 3.02. The molecule has 0 aliphatic carbocycles. The third-order valence-corrected chi connectivity index (χ3v) is 5.06. The van der Waals surface area contributed by atoms with Crippen molar-refractivity contribution in [2.75, 3.05) is 25.6 Å². The predicted octanol–water partition coefficient (Wildman–Crippen LogP) is 4.07. The Morgan fingerprint density at radius 3 is 2.61 bits per heavy atom. The number of thioether (sulfide) groups is 1. The normalized spacial score (nSPS) is 14.6. The van der Waals surface area contributed by atoms with Crippen LogP contribution in [0.15, 0.2) is 60.0 Å². The molecule has 2 aromatic rings. The minimum atomic E-state index is -0.423. The number of benzene rings is 2. The van der Waals surface area contributed by atoms with Gasteiger partial charge >= 0.3 is 0 Å². The fourth-order valence-corrected chi connectivity index (χ4v) is 3.55. The van der Waals surface area contributed by atoms with Gasteiger partial charge in [-0.2, -0.15) is 0 Å². The number of hydrogen-bond donors (Lipinski definition) is 1. The first-order chi connectivity index (χ1) is 14.9. The van der Waals surface area contributed by atoms with E-state index in [1.54, 1.807) is 24.3 Å². The lowest BCUT2D eigenvalue weighted by atomic mass is 10.2. The number of carbonyl (C=O) groups is 3. The van der Waals surface area contributed by atoms with Crippen LogP contribution in [0, 0.1) is 5.82 Å². The average molecular weight is 442 g/mol. The smallest absolute Gasteiger partial charge is 0.293 e. The van der Waals surface area contributed by atoms with E-state index in [-0.39, 0.29) is 24.3 Å². The quantitative estimate of drug-likeness (QED) is 0.490. The van der Waals surface area contributed by atoms with Crippen LogP contribution >= 0.6 is 11.8 Å². The number of halogens is 1. The van der Waals surface area contributed by atoms with E-state index in [1.165, 1.54) is 37.5 Å². The van der Waals surface area contributed by atoms with Crippen LogP contribution in [0.3, 0.4) is 0 Å². The molecule has 3 amide bonds. The molecule has 1 heterocycles. The Morgan fingerprint density at radius 2 is 1.94 bits per heavy atom. The maximum absolute atomic E-state index is 12.9. The Morgan fingerprint density at radius 1 is 1.19 bits per heavy atom. The summed E-state index contributed by atoms with van der Waals surface area (Å²) in [5.74, 6) is -0.521. The van der Waals surface area contributed by atoms with Gasteiger partial charge in [0.25, 0.3) is 17.1 Å². The van der Waals surface area contributed by atoms with Crippen LogP contribution in [0.5, 0.6) is 11.5 Å². The number of methoxy groups -OCH3 is 1. The number of nitrogens with zero attached hydrogens (tertiary/aromatic N) is 1. The van der Waals surface area contributed by atoms with Gasteiger partial charge in [-0.25, -0.2) is 4.39 Å². The first-order valence-electron chi connectivity index (χ1n) is 9.14. The predicted molar refractivity (Wildman–Crippen MR) is 116 cm³/mol. The molecule has 0 aromatic heterocycles. The van der Waals surface area contributed by atoms with Crippen molar-refractivity contribution >= 4 is 40.6 Å². The summed E-state index contributed by atoms with van der Waals surface area (Å²) in [6.07, 6.45) is 3.07. The Hall–Kier alpha value is -3.59. The first kappa shape index (κ1) is 22.1. The van der Waals surface area contributed by atoms with Crippen molar-refractivity contribution in [1.29, 1.82) is 0 Å². The monoisotopic (exact) mass is 442 g/mol. The highest BCUT2D eigenvalue weighted by molar-refractivity contribution is 8.18. The van der Waals surface area contributed by atoms with E-state index in [2.05, 4.69) is 11.9 Å². The highest BCUT2D eigenvalue weighted by Gasteiger charge is 2.34. The maximum Gasteiger partial charge on any atom is 0.293 e. The van der Waals surface area contributed by atoms with Crippen LogP contribution in [0.25, 0.3) is 6.08 Å². The summed E-state index contributed by atoms with van der Waals surface area (Å²) in [5.41, 5.74) is 1.08. The van der Waals surface area contributed by atoms with E-state index in [9.17, 15) is 18.8 Å². The molecule has 0 bridgehead atoms. The van der Waals surface area contributed by atoms with E-state index in [0.717, 1.165) is 16.7 Å². The molecular formula is C22H19FN2O5S. The van der Waals surface area contributed by atoms with E-state index in [1.807, 2.05) is 0 Å². The summed E-state index contributed by atoms with van der Waals surface area (Å²) in [6, 6.07) is 10.3. The first-order valence-corrected chi connectivity index (χ1v) is 9.95. The van der Waals surface area contributed by atoms with Crippen LogP contribution in [0.2, 0.25) is 0 Å². The van der Waals surface area contributed by atoms with Crippen LogP contribution in [0.1, 0.15) is 5.56 Å². The molecule has 1 fully saturated rings. The van der Waals surface area contributed by atoms with Crippen molar-refractivity contribution in [3.8, 4) is 11.5 Å². The van der Waals surface area contributed by atoms with Crippen molar-refractivity contribution in [2.24, 2.45) is 0 Å². The zero-order chi connectivity index (χ0) is 22.4. The third-order valence-electron chi connectivity index (χ3n) is 4.16. The minimum absolute atomic E-state index is 0.151. The highest BCUT2D eigenvalue weighted by Crippen LogP contribution is 2.34. The SMILES string of the molecule is C=CCN1C(=O)S/C(=C\c2ccc(OCC(=O)Nc3ccc(F)cc3)c(OC)c2)C1=O. The molecule has 1 aliphatic heterocycles. The fourth-order valence-electron chi connectivity index (χ4n) is 2.70. The van der Waals surface area contributed by atoms with E-state index < -0.39 is 11.7 Å². The summed E-state index contributed by atoms with van der Waals surface area (Å²) >= 11 is 0.852. The number of anilines is 1. The lowest BCUT2D eigenvalue weighted by Crippen LogP contribution is -2.27. The van der Waals surface area contributed by atoms with Gasteiger partial charge in [0.05, 0.1) is 12.0 Å². The largest absolute Gasteiger partial charge is 0.493 e. The van der Waals surface area contributed by atoms with Crippen LogP contribution in [-0.2, 0) is 9.59 Å². The van der Waals surface area contributed by atoms with Gasteiger partial charge in [-0.15, -0.1) is 6.58 Å². The Labute approximate surface area is 182 Å². The molecule has 31 heavy (non-hydrogen) atoms. The van der Waals surface area contributed by atoms with Gasteiger partial charge in [0.2, 0.25) is 0 Å². The van der Waals surface area contributed by atoms with Gasteiger partial charge in [0.1, 0.15) is 5.82 Å². The minimum Gasteiger partial charge on any atom is -0.493 e. The van der Waals surface area contributed by atoms with Crippen molar-refractivity contribution in [3.05, 3.63) is 71.4 Å². The number of carbonyl (C=O) groups excluding carboxylic acids is 3. The van der Waals surface area contributed by atoms with Gasteiger partial charge in [0, 0.05) is 12.2 Å². The molecule has 3 rings (SSSR count). The van der Waals surface area contributed by atoms with Gasteiger partial charge in [-0.1, -0.05) is 12.1 Å². The maximum atomic E-state index is 12.9. The van der Waals surface area contributed by atoms with E-state index in [0.29, 0.717) is 27.7 Å². The zero-order valence-corrected chi connectivity index (χ0v) is 17.4. The Bertz CT molecular complexity index is 1050. The highest BCUT2D eigenvalue weighted by atomic mass is 32.2. The van der Waals surface area contributed by atoms with Crippen molar-refractivity contribution in [2.45, 2.75) is 0 Å². The topological polar surface area (TPSA) is 84.9 Å². The lowest BCUT2D eigenvalue weighted by molar-refractivity contribution is -0.122. The summed E-state index contributed by atoms with van der Waals surface area (Å²) in [6.45, 7) is 3.41. The van der Waals surface area contributed by atoms with Gasteiger partial charge in [0.15, 0.2) is 18.1 Å². The Kier molecular flexibility index (Phi) is 7.09. The molecule has 0 saturated carbocycles. The summed E-state index contributed by atoms with van der Waals surface area (Å²) < 4.78 is 23.8. The molecule has 1 N–H and O–H groups in total. The second-order valence-corrected chi connectivity index (χ2v) is 7.33. The standard InChI is InChI=1S/C22H19FN2O5S/c1-3-10-25-21(27)19(31-22(25)28)12-14-4-9-17(18(11-14)29-2)30-13-20(26)24-16-7-5-15(23)6-8-16/h3-9,11-12H,1,10,13H2,2H3,(H,24,26)/b19-12-. The summed E-state index contributed by atoms with van der Waals surface area (Å²) in [7, 11) is 1.45. The molecule has 160 valence electrons. The number of hydrogen-bond acceptors (Lipinski definition) is 6. The number of nitrogens with one attached hydrogen (secondary N) is 1. The molecule has 7 nitrogen and oxygen atoms in total. The molecule has 2 aromatic carbocycles. The van der Waals surface area contributed by atoms with Gasteiger partial charge in [-0.3, -0.25) is 19.3 Å². The fraction of sp³-hybridized carbons (Fsp3) is 0.136. The summed E-state index contributed by atoms with van der Waals surface area (Å²) in [4.78, 5) is 37.7. The van der Waals surface area contributed by atoms with E-state index in [4.69, 9.17) is 9.47 Å². The van der Waals surface area contributed by atoms with E-state index >= 15 is 0 Å². The number of ether oxygens (including phenoxy) is 2. The molecule has 0 atom stereocenters. The molecule has 1 saturated heterocycles. The van der Waals surface area contributed by atoms with Gasteiger partial charge in [-0.05, 0) is 59.8 Å². The molecule has 1 aliphatic rings. The van der Waals surface area contributed by atoms with Crippen LogP contribution in [0.4, 0.5) is 14.9 Å². The lowest BCUT2D eigenvalue weighted by Gasteiger charge is -2.12. The molecule has 0 unspecified atom stereocenters. The second kappa shape index (κ2) is 9.94.